The van der Waals surface area contributed by atoms with E-state index in [2.05, 4.69) is 32.2 Å². The van der Waals surface area contributed by atoms with E-state index in [9.17, 15) is 4.79 Å². The smallest absolute Gasteiger partial charge is 0.220 e. The Morgan fingerprint density at radius 3 is 2.52 bits per heavy atom. The van der Waals surface area contributed by atoms with Gasteiger partial charge in [0.05, 0.1) is 7.11 Å². The normalized spacial score (nSPS) is 17.6. The first-order valence-corrected chi connectivity index (χ1v) is 8.34. The van der Waals surface area contributed by atoms with E-state index in [1.54, 1.807) is 7.11 Å². The molecule has 0 aromatic heterocycles. The summed E-state index contributed by atoms with van der Waals surface area (Å²) in [6.45, 7) is 8.30. The highest BCUT2D eigenvalue weighted by molar-refractivity contribution is 5.76. The minimum atomic E-state index is -0.113. The highest BCUT2D eigenvalue weighted by Gasteiger charge is 2.37. The van der Waals surface area contributed by atoms with Gasteiger partial charge in [0.25, 0.3) is 0 Å². The Morgan fingerprint density at radius 2 is 1.91 bits per heavy atom. The van der Waals surface area contributed by atoms with Crippen molar-refractivity contribution in [3.05, 3.63) is 29.8 Å². The van der Waals surface area contributed by atoms with E-state index in [0.717, 1.165) is 18.6 Å². The standard InChI is InChI=1S/C19H29NO3/c1-18(2,3)13-17(21)20-14-19(9-11-23-12-10-19)15-7-5-6-8-16(15)22-4/h5-8H,9-14H2,1-4H3,(H,20,21). The summed E-state index contributed by atoms with van der Waals surface area (Å²) >= 11 is 0. The summed E-state index contributed by atoms with van der Waals surface area (Å²) < 4.78 is 11.1. The topological polar surface area (TPSA) is 47.6 Å². The maximum Gasteiger partial charge on any atom is 0.220 e. The minimum Gasteiger partial charge on any atom is -0.496 e. The third-order valence-electron chi connectivity index (χ3n) is 4.44. The summed E-state index contributed by atoms with van der Waals surface area (Å²) in [6, 6.07) is 8.11. The Bertz CT molecular complexity index is 528. The summed E-state index contributed by atoms with van der Waals surface area (Å²) in [7, 11) is 1.70. The number of para-hydroxylation sites is 1. The van der Waals surface area contributed by atoms with Gasteiger partial charge in [0, 0.05) is 37.2 Å². The first kappa shape index (κ1) is 17.8. The van der Waals surface area contributed by atoms with Crippen molar-refractivity contribution in [2.45, 2.75) is 45.4 Å². The monoisotopic (exact) mass is 319 g/mol. The molecule has 1 aromatic rings. The number of amides is 1. The predicted molar refractivity (Wildman–Crippen MR) is 91.8 cm³/mol. The molecule has 1 N–H and O–H groups in total. The van der Waals surface area contributed by atoms with Gasteiger partial charge in [-0.1, -0.05) is 39.0 Å². The number of benzene rings is 1. The van der Waals surface area contributed by atoms with Gasteiger partial charge in [-0.25, -0.2) is 0 Å². The molecule has 23 heavy (non-hydrogen) atoms. The van der Waals surface area contributed by atoms with Gasteiger partial charge in [0.1, 0.15) is 5.75 Å². The van der Waals surface area contributed by atoms with Gasteiger partial charge < -0.3 is 14.8 Å². The Labute approximate surface area is 139 Å². The lowest BCUT2D eigenvalue weighted by Gasteiger charge is -2.38. The van der Waals surface area contributed by atoms with Crippen LogP contribution in [0.3, 0.4) is 0 Å². The van der Waals surface area contributed by atoms with Crippen LogP contribution in [0.1, 0.15) is 45.6 Å². The number of carbonyl (C=O) groups is 1. The molecule has 0 aliphatic carbocycles. The molecule has 0 atom stereocenters. The van der Waals surface area contributed by atoms with Gasteiger partial charge in [0.15, 0.2) is 0 Å². The molecule has 4 nitrogen and oxygen atoms in total. The molecule has 0 radical (unpaired) electrons. The molecule has 1 fully saturated rings. The quantitative estimate of drug-likeness (QED) is 0.906. The number of hydrogen-bond donors (Lipinski definition) is 1. The zero-order chi connectivity index (χ0) is 16.9. The lowest BCUT2D eigenvalue weighted by molar-refractivity contribution is -0.123. The van der Waals surface area contributed by atoms with E-state index in [-0.39, 0.29) is 16.7 Å². The van der Waals surface area contributed by atoms with E-state index >= 15 is 0 Å². The van der Waals surface area contributed by atoms with Crippen LogP contribution in [0.2, 0.25) is 0 Å². The van der Waals surface area contributed by atoms with Crippen molar-refractivity contribution in [1.29, 1.82) is 0 Å². The summed E-state index contributed by atoms with van der Waals surface area (Å²) in [6.07, 6.45) is 2.32. The van der Waals surface area contributed by atoms with Gasteiger partial charge in [-0.2, -0.15) is 0 Å². The molecule has 0 spiro atoms. The maximum absolute atomic E-state index is 12.3. The van der Waals surface area contributed by atoms with Crippen molar-refractivity contribution in [3.63, 3.8) is 0 Å². The maximum atomic E-state index is 12.3. The van der Waals surface area contributed by atoms with E-state index in [4.69, 9.17) is 9.47 Å². The van der Waals surface area contributed by atoms with Crippen LogP contribution < -0.4 is 10.1 Å². The summed E-state index contributed by atoms with van der Waals surface area (Å²) in [4.78, 5) is 12.3. The second-order valence-corrected chi connectivity index (χ2v) is 7.61. The van der Waals surface area contributed by atoms with Crippen molar-refractivity contribution >= 4 is 5.91 Å². The fourth-order valence-corrected chi connectivity index (χ4v) is 3.20. The number of methoxy groups -OCH3 is 1. The molecule has 1 aromatic carbocycles. The molecule has 0 bridgehead atoms. The molecule has 1 heterocycles. The lowest BCUT2D eigenvalue weighted by atomic mass is 9.73. The Balaban J connectivity index is 2.18. The lowest BCUT2D eigenvalue weighted by Crippen LogP contribution is -2.45. The summed E-state index contributed by atoms with van der Waals surface area (Å²) in [5.74, 6) is 0.998. The van der Waals surface area contributed by atoms with Crippen molar-refractivity contribution in [3.8, 4) is 5.75 Å². The molecule has 0 unspecified atom stereocenters. The predicted octanol–water partition coefficient (Wildman–Crippen LogP) is 3.30. The molecule has 1 aliphatic rings. The van der Waals surface area contributed by atoms with E-state index in [0.29, 0.717) is 26.2 Å². The summed E-state index contributed by atoms with van der Waals surface area (Å²) in [5.41, 5.74) is 1.05. The second kappa shape index (κ2) is 7.35. The SMILES string of the molecule is COc1ccccc1C1(CNC(=O)CC(C)(C)C)CCOCC1. The molecule has 1 saturated heterocycles. The zero-order valence-electron chi connectivity index (χ0n) is 14.8. The van der Waals surface area contributed by atoms with Crippen molar-refractivity contribution < 1.29 is 14.3 Å². The van der Waals surface area contributed by atoms with E-state index < -0.39 is 0 Å². The fourth-order valence-electron chi connectivity index (χ4n) is 3.20. The number of nitrogens with one attached hydrogen (secondary N) is 1. The number of rotatable bonds is 5. The van der Waals surface area contributed by atoms with Crippen LogP contribution in [0.15, 0.2) is 24.3 Å². The number of hydrogen-bond acceptors (Lipinski definition) is 3. The van der Waals surface area contributed by atoms with E-state index in [1.165, 1.54) is 5.56 Å². The average Bonchev–Trinajstić information content (AvgIpc) is 2.52. The van der Waals surface area contributed by atoms with Gasteiger partial charge in [0.2, 0.25) is 5.91 Å². The first-order valence-electron chi connectivity index (χ1n) is 8.34. The largest absolute Gasteiger partial charge is 0.496 e. The highest BCUT2D eigenvalue weighted by Crippen LogP contribution is 2.39. The molecular formula is C19H29NO3. The third-order valence-corrected chi connectivity index (χ3v) is 4.44. The zero-order valence-corrected chi connectivity index (χ0v) is 14.8. The van der Waals surface area contributed by atoms with Crippen molar-refractivity contribution in [2.75, 3.05) is 26.9 Å². The molecule has 0 saturated carbocycles. The first-order chi connectivity index (χ1) is 10.9. The van der Waals surface area contributed by atoms with Gasteiger partial charge in [-0.05, 0) is 24.3 Å². The molecule has 1 amide bonds. The number of carbonyl (C=O) groups excluding carboxylic acids is 1. The second-order valence-electron chi connectivity index (χ2n) is 7.61. The van der Waals surface area contributed by atoms with Crippen molar-refractivity contribution in [1.82, 2.24) is 5.32 Å². The molecule has 128 valence electrons. The Hall–Kier alpha value is -1.55. The van der Waals surface area contributed by atoms with Gasteiger partial charge in [-0.15, -0.1) is 0 Å². The Kier molecular flexibility index (Phi) is 5.69. The van der Waals surface area contributed by atoms with Crippen LogP contribution in [0, 0.1) is 5.41 Å². The van der Waals surface area contributed by atoms with Crippen LogP contribution in [-0.2, 0) is 14.9 Å². The minimum absolute atomic E-state index is 0.00262. The highest BCUT2D eigenvalue weighted by atomic mass is 16.5. The van der Waals surface area contributed by atoms with E-state index in [1.807, 2.05) is 18.2 Å². The number of ether oxygens (including phenoxy) is 2. The summed E-state index contributed by atoms with van der Waals surface area (Å²) in [5, 5.41) is 3.15. The van der Waals surface area contributed by atoms with Crippen molar-refractivity contribution in [2.24, 2.45) is 5.41 Å². The molecule has 1 aliphatic heterocycles. The molecule has 2 rings (SSSR count). The molecule has 4 heteroatoms. The van der Waals surface area contributed by atoms with Gasteiger partial charge in [-0.3, -0.25) is 4.79 Å². The fraction of sp³-hybridized carbons (Fsp3) is 0.632. The molecular weight excluding hydrogens is 290 g/mol. The van der Waals surface area contributed by atoms with Crippen LogP contribution in [0.4, 0.5) is 0 Å². The Morgan fingerprint density at radius 1 is 1.26 bits per heavy atom. The third kappa shape index (κ3) is 4.71. The van der Waals surface area contributed by atoms with Gasteiger partial charge >= 0.3 is 0 Å². The van der Waals surface area contributed by atoms with Crippen LogP contribution in [-0.4, -0.2) is 32.8 Å². The van der Waals surface area contributed by atoms with Crippen LogP contribution in [0.5, 0.6) is 5.75 Å². The average molecular weight is 319 g/mol. The van der Waals surface area contributed by atoms with Crippen LogP contribution in [0.25, 0.3) is 0 Å². The van der Waals surface area contributed by atoms with Crippen LogP contribution >= 0.6 is 0 Å².